The highest BCUT2D eigenvalue weighted by Gasteiger charge is 2.19. The lowest BCUT2D eigenvalue weighted by atomic mass is 10.2. The van der Waals surface area contributed by atoms with Crippen molar-refractivity contribution < 1.29 is 17.9 Å². The van der Waals surface area contributed by atoms with Crippen LogP contribution in [0.4, 0.5) is 0 Å². The Balaban J connectivity index is 1.65. The molecule has 0 amide bonds. The van der Waals surface area contributed by atoms with Crippen molar-refractivity contribution in [2.45, 2.75) is 18.4 Å². The molecular weight excluding hydrogens is 374 g/mol. The van der Waals surface area contributed by atoms with Crippen LogP contribution >= 0.6 is 0 Å². The van der Waals surface area contributed by atoms with E-state index in [0.29, 0.717) is 28.1 Å². The van der Waals surface area contributed by atoms with Crippen LogP contribution in [0.5, 0.6) is 11.5 Å². The summed E-state index contributed by atoms with van der Waals surface area (Å²) in [6.45, 7) is 1.80. The van der Waals surface area contributed by atoms with Crippen LogP contribution in [0.3, 0.4) is 0 Å². The van der Waals surface area contributed by atoms with E-state index in [0.717, 1.165) is 0 Å². The van der Waals surface area contributed by atoms with Crippen LogP contribution in [0.15, 0.2) is 44.8 Å². The average Bonchev–Trinajstić information content (AvgIpc) is 3.09. The van der Waals surface area contributed by atoms with Gasteiger partial charge in [0, 0.05) is 6.54 Å². The van der Waals surface area contributed by atoms with Crippen LogP contribution in [0.25, 0.3) is 11.0 Å². The monoisotopic (exact) mass is 389 g/mol. The molecular formula is C17H15N3O6S. The largest absolute Gasteiger partial charge is 0.454 e. The summed E-state index contributed by atoms with van der Waals surface area (Å²) in [5.41, 5.74) is 0.0873. The Morgan fingerprint density at radius 3 is 2.41 bits per heavy atom. The fourth-order valence-electron chi connectivity index (χ4n) is 2.85. The lowest BCUT2D eigenvalue weighted by Gasteiger charge is -2.11. The van der Waals surface area contributed by atoms with Crippen molar-refractivity contribution in [1.29, 1.82) is 0 Å². The summed E-state index contributed by atoms with van der Waals surface area (Å²) in [4.78, 5) is 27.7. The third-order valence-corrected chi connectivity index (χ3v) is 5.75. The van der Waals surface area contributed by atoms with Gasteiger partial charge in [0.05, 0.1) is 15.9 Å². The number of sulfonamides is 1. The van der Waals surface area contributed by atoms with Gasteiger partial charge < -0.3 is 19.4 Å². The molecule has 0 saturated carbocycles. The van der Waals surface area contributed by atoms with Gasteiger partial charge >= 0.3 is 11.1 Å². The van der Waals surface area contributed by atoms with Crippen LogP contribution in [-0.4, -0.2) is 25.2 Å². The summed E-state index contributed by atoms with van der Waals surface area (Å²) in [7, 11) is -3.85. The lowest BCUT2D eigenvalue weighted by Crippen LogP contribution is -2.29. The van der Waals surface area contributed by atoms with Crippen molar-refractivity contribution in [1.82, 2.24) is 14.7 Å². The Morgan fingerprint density at radius 1 is 1.00 bits per heavy atom. The predicted octanol–water partition coefficient (Wildman–Crippen LogP) is 0.732. The SMILES string of the molecule is Cc1cc2[nH]c(=O)c(=O)[nH]c2cc1S(=O)(=O)NCc1ccc2c(c1)OCO2. The highest BCUT2D eigenvalue weighted by atomic mass is 32.2. The van der Waals surface area contributed by atoms with Crippen molar-refractivity contribution in [3.63, 3.8) is 0 Å². The van der Waals surface area contributed by atoms with E-state index in [1.54, 1.807) is 25.1 Å². The Kier molecular flexibility index (Phi) is 4.01. The molecule has 27 heavy (non-hydrogen) atoms. The molecule has 1 aliphatic rings. The van der Waals surface area contributed by atoms with Crippen LogP contribution in [-0.2, 0) is 16.6 Å². The fourth-order valence-corrected chi connectivity index (χ4v) is 4.12. The van der Waals surface area contributed by atoms with E-state index in [1.807, 2.05) is 0 Å². The number of hydrogen-bond acceptors (Lipinski definition) is 6. The molecule has 3 N–H and O–H groups in total. The number of hydrogen-bond donors (Lipinski definition) is 3. The van der Waals surface area contributed by atoms with Gasteiger partial charge in [0.25, 0.3) is 0 Å². The number of aryl methyl sites for hydroxylation is 1. The van der Waals surface area contributed by atoms with Gasteiger partial charge in [-0.15, -0.1) is 0 Å². The molecule has 0 radical (unpaired) electrons. The van der Waals surface area contributed by atoms with Crippen molar-refractivity contribution in [3.05, 3.63) is 62.2 Å². The first kappa shape index (κ1) is 17.3. The second kappa shape index (κ2) is 6.25. The zero-order valence-corrected chi connectivity index (χ0v) is 15.0. The summed E-state index contributed by atoms with van der Waals surface area (Å²) in [5.74, 6) is 1.18. The maximum absolute atomic E-state index is 12.7. The van der Waals surface area contributed by atoms with Gasteiger partial charge in [-0.3, -0.25) is 9.59 Å². The lowest BCUT2D eigenvalue weighted by molar-refractivity contribution is 0.174. The second-order valence-corrected chi connectivity index (χ2v) is 7.82. The summed E-state index contributed by atoms with van der Waals surface area (Å²) in [5, 5.41) is 0. The van der Waals surface area contributed by atoms with Crippen LogP contribution in [0.1, 0.15) is 11.1 Å². The summed E-state index contributed by atoms with van der Waals surface area (Å²) in [6.07, 6.45) is 0. The Morgan fingerprint density at radius 2 is 1.67 bits per heavy atom. The van der Waals surface area contributed by atoms with E-state index in [2.05, 4.69) is 14.7 Å². The molecule has 1 aromatic heterocycles. The topological polar surface area (TPSA) is 130 Å². The molecule has 0 bridgehead atoms. The molecule has 1 aliphatic heterocycles. The number of H-pyrrole nitrogens is 2. The number of rotatable bonds is 4. The maximum Gasteiger partial charge on any atom is 0.314 e. The molecule has 0 saturated heterocycles. The van der Waals surface area contributed by atoms with E-state index in [-0.39, 0.29) is 23.7 Å². The number of fused-ring (bicyclic) bond motifs is 2. The minimum absolute atomic E-state index is 0.0124. The smallest absolute Gasteiger partial charge is 0.314 e. The van der Waals surface area contributed by atoms with Crippen LogP contribution < -0.4 is 25.3 Å². The first-order valence-corrected chi connectivity index (χ1v) is 9.47. The number of benzene rings is 2. The highest BCUT2D eigenvalue weighted by molar-refractivity contribution is 7.89. The molecule has 140 valence electrons. The molecule has 0 atom stereocenters. The molecule has 0 aliphatic carbocycles. The normalized spacial score (nSPS) is 13.2. The van der Waals surface area contributed by atoms with Gasteiger partial charge in [-0.05, 0) is 42.3 Å². The van der Waals surface area contributed by atoms with Crippen molar-refractivity contribution >= 4 is 21.1 Å². The van der Waals surface area contributed by atoms with Crippen molar-refractivity contribution in [2.75, 3.05) is 6.79 Å². The van der Waals surface area contributed by atoms with Gasteiger partial charge in [0.1, 0.15) is 0 Å². The molecule has 9 nitrogen and oxygen atoms in total. The van der Waals surface area contributed by atoms with Crippen LogP contribution in [0.2, 0.25) is 0 Å². The number of ether oxygens (including phenoxy) is 2. The first-order chi connectivity index (χ1) is 12.8. The van der Waals surface area contributed by atoms with E-state index >= 15 is 0 Å². The predicted molar refractivity (Wildman–Crippen MR) is 96.5 cm³/mol. The Bertz CT molecular complexity index is 1280. The second-order valence-electron chi connectivity index (χ2n) is 6.08. The number of nitrogens with one attached hydrogen (secondary N) is 3. The fraction of sp³-hybridized carbons (Fsp3) is 0.176. The van der Waals surface area contributed by atoms with Gasteiger partial charge in [-0.25, -0.2) is 13.1 Å². The molecule has 0 fully saturated rings. The van der Waals surface area contributed by atoms with Crippen molar-refractivity contribution in [2.24, 2.45) is 0 Å². The Hall–Kier alpha value is -3.11. The molecule has 2 heterocycles. The molecule has 0 unspecified atom stereocenters. The number of aromatic amines is 2. The van der Waals surface area contributed by atoms with Gasteiger partial charge in [-0.2, -0.15) is 0 Å². The van der Waals surface area contributed by atoms with Gasteiger partial charge in [0.2, 0.25) is 16.8 Å². The third-order valence-electron chi connectivity index (χ3n) is 4.21. The highest BCUT2D eigenvalue weighted by Crippen LogP contribution is 2.32. The summed E-state index contributed by atoms with van der Waals surface area (Å²) in [6, 6.07) is 7.99. The van der Waals surface area contributed by atoms with E-state index in [1.165, 1.54) is 12.1 Å². The quantitative estimate of drug-likeness (QED) is 0.564. The average molecular weight is 389 g/mol. The standard InChI is InChI=1S/C17H15N3O6S/c1-9-4-11-12(20-17(22)16(21)19-11)6-15(9)27(23,24)18-7-10-2-3-13-14(5-10)26-8-25-13/h2-6,18H,7-8H2,1H3,(H,19,21)(H,20,22). The Labute approximate surface area is 153 Å². The zero-order chi connectivity index (χ0) is 19.2. The summed E-state index contributed by atoms with van der Waals surface area (Å²) >= 11 is 0. The molecule has 2 aromatic carbocycles. The van der Waals surface area contributed by atoms with Crippen LogP contribution in [0, 0.1) is 6.92 Å². The van der Waals surface area contributed by atoms with Crippen molar-refractivity contribution in [3.8, 4) is 11.5 Å². The maximum atomic E-state index is 12.7. The molecule has 0 spiro atoms. The summed E-state index contributed by atoms with van der Waals surface area (Å²) < 4.78 is 38.5. The van der Waals surface area contributed by atoms with Gasteiger partial charge in [-0.1, -0.05) is 6.07 Å². The van der Waals surface area contributed by atoms with E-state index in [9.17, 15) is 18.0 Å². The minimum atomic E-state index is -3.85. The number of aromatic nitrogens is 2. The molecule has 10 heteroatoms. The zero-order valence-electron chi connectivity index (χ0n) is 14.2. The van der Waals surface area contributed by atoms with E-state index in [4.69, 9.17) is 9.47 Å². The molecule has 3 aromatic rings. The van der Waals surface area contributed by atoms with Gasteiger partial charge in [0.15, 0.2) is 11.5 Å². The third kappa shape index (κ3) is 3.20. The minimum Gasteiger partial charge on any atom is -0.454 e. The molecule has 4 rings (SSSR count). The van der Waals surface area contributed by atoms with E-state index < -0.39 is 21.1 Å². The first-order valence-electron chi connectivity index (χ1n) is 7.99.